The van der Waals surface area contributed by atoms with E-state index < -0.39 is 17.5 Å². The van der Waals surface area contributed by atoms with Gasteiger partial charge in [-0.3, -0.25) is 4.79 Å². The first-order valence-corrected chi connectivity index (χ1v) is 4.97. The lowest BCUT2D eigenvalue weighted by atomic mass is 10.1. The Kier molecular flexibility index (Phi) is 4.19. The highest BCUT2D eigenvalue weighted by Gasteiger charge is 2.15. The summed E-state index contributed by atoms with van der Waals surface area (Å²) in [6, 6.07) is 3.66. The van der Waals surface area contributed by atoms with Crippen molar-refractivity contribution in [3.8, 4) is 5.75 Å². The number of hydrogen-bond acceptors (Lipinski definition) is 3. The lowest BCUT2D eigenvalue weighted by Gasteiger charge is -2.06. The number of thiocarbonyl (C=S) groups is 1. The van der Waals surface area contributed by atoms with Gasteiger partial charge in [-0.1, -0.05) is 18.3 Å². The highest BCUT2D eigenvalue weighted by Crippen LogP contribution is 2.19. The first-order valence-electron chi connectivity index (χ1n) is 4.56. The predicted octanol–water partition coefficient (Wildman–Crippen LogP) is 0.937. The van der Waals surface area contributed by atoms with Crippen molar-refractivity contribution in [2.24, 2.45) is 5.73 Å². The molecular formula is C10H11FN2O2S. The number of rotatable bonds is 4. The molecule has 0 heterocycles. The zero-order valence-electron chi connectivity index (χ0n) is 8.37. The molecule has 0 bridgehead atoms. The lowest BCUT2D eigenvalue weighted by Crippen LogP contribution is -2.28. The maximum absolute atomic E-state index is 13.2. The van der Waals surface area contributed by atoms with Crippen LogP contribution in [0.2, 0.25) is 0 Å². The highest BCUT2D eigenvalue weighted by molar-refractivity contribution is 7.80. The van der Waals surface area contributed by atoms with E-state index in [0.29, 0.717) is 6.42 Å². The van der Waals surface area contributed by atoms with E-state index in [0.717, 1.165) is 6.07 Å². The van der Waals surface area contributed by atoms with Crippen LogP contribution in [-0.4, -0.2) is 22.5 Å². The number of aromatic hydroxyl groups is 1. The van der Waals surface area contributed by atoms with Crippen molar-refractivity contribution in [2.75, 3.05) is 6.54 Å². The predicted molar refractivity (Wildman–Crippen MR) is 61.8 cm³/mol. The van der Waals surface area contributed by atoms with Crippen LogP contribution < -0.4 is 11.1 Å². The number of nitrogens with one attached hydrogen (secondary N) is 1. The van der Waals surface area contributed by atoms with E-state index in [9.17, 15) is 14.3 Å². The van der Waals surface area contributed by atoms with Gasteiger partial charge in [-0.2, -0.15) is 0 Å². The maximum Gasteiger partial charge on any atom is 0.258 e. The molecule has 1 rings (SSSR count). The standard InChI is InChI=1S/C10H11FN2O2S/c11-6-2-1-3-7(14)9(6)10(15)13-5-4-8(12)16/h1-3,14H,4-5H2,(H2,12,16)(H,13,15). The highest BCUT2D eigenvalue weighted by atomic mass is 32.1. The molecule has 0 aliphatic heterocycles. The molecule has 0 saturated heterocycles. The number of nitrogens with two attached hydrogens (primary N) is 1. The summed E-state index contributed by atoms with van der Waals surface area (Å²) >= 11 is 4.62. The second kappa shape index (κ2) is 5.41. The fourth-order valence-electron chi connectivity index (χ4n) is 1.13. The zero-order valence-corrected chi connectivity index (χ0v) is 9.18. The monoisotopic (exact) mass is 242 g/mol. The number of carbonyl (C=O) groups excluding carboxylic acids is 1. The van der Waals surface area contributed by atoms with Gasteiger partial charge in [-0.05, 0) is 12.1 Å². The van der Waals surface area contributed by atoms with Crippen LogP contribution in [0.15, 0.2) is 18.2 Å². The van der Waals surface area contributed by atoms with Crippen LogP contribution >= 0.6 is 12.2 Å². The molecule has 0 aliphatic rings. The molecule has 1 aromatic carbocycles. The van der Waals surface area contributed by atoms with E-state index in [2.05, 4.69) is 17.5 Å². The summed E-state index contributed by atoms with van der Waals surface area (Å²) in [6.45, 7) is 0.210. The molecule has 0 unspecified atom stereocenters. The third-order valence-corrected chi connectivity index (χ3v) is 2.08. The molecule has 16 heavy (non-hydrogen) atoms. The van der Waals surface area contributed by atoms with Gasteiger partial charge >= 0.3 is 0 Å². The first-order chi connectivity index (χ1) is 7.52. The van der Waals surface area contributed by atoms with Crippen molar-refractivity contribution in [2.45, 2.75) is 6.42 Å². The minimum Gasteiger partial charge on any atom is -0.507 e. The smallest absolute Gasteiger partial charge is 0.258 e. The Balaban J connectivity index is 2.70. The SMILES string of the molecule is NC(=S)CCNC(=O)c1c(O)cccc1F. The summed E-state index contributed by atoms with van der Waals surface area (Å²) in [5.41, 5.74) is 4.86. The number of halogens is 1. The molecule has 4 N–H and O–H groups in total. The Labute approximate surface area is 97.3 Å². The molecule has 0 aromatic heterocycles. The third-order valence-electron chi connectivity index (χ3n) is 1.88. The Morgan fingerprint density at radius 3 is 2.81 bits per heavy atom. The van der Waals surface area contributed by atoms with Crippen LogP contribution in [0, 0.1) is 5.82 Å². The Hall–Kier alpha value is -1.69. The second-order valence-electron chi connectivity index (χ2n) is 3.11. The number of phenolic OH excluding ortho intramolecular Hbond substituents is 1. The fourth-order valence-corrected chi connectivity index (χ4v) is 1.23. The maximum atomic E-state index is 13.2. The third kappa shape index (κ3) is 3.16. The quantitative estimate of drug-likeness (QED) is 0.687. The Bertz CT molecular complexity index is 403. The van der Waals surface area contributed by atoms with E-state index in [1.807, 2.05) is 0 Å². The molecule has 0 atom stereocenters. The molecule has 4 nitrogen and oxygen atoms in total. The summed E-state index contributed by atoms with van der Waals surface area (Å²) in [5, 5.41) is 11.7. The van der Waals surface area contributed by atoms with Crippen LogP contribution in [0.25, 0.3) is 0 Å². The van der Waals surface area contributed by atoms with Crippen LogP contribution in [0.4, 0.5) is 4.39 Å². The molecule has 0 fully saturated rings. The van der Waals surface area contributed by atoms with Gasteiger partial charge < -0.3 is 16.2 Å². The fraction of sp³-hybridized carbons (Fsp3) is 0.200. The summed E-state index contributed by atoms with van der Waals surface area (Å²) in [4.78, 5) is 11.7. The molecule has 6 heteroatoms. The summed E-state index contributed by atoms with van der Waals surface area (Å²) in [7, 11) is 0. The van der Waals surface area contributed by atoms with Crippen molar-refractivity contribution >= 4 is 23.1 Å². The molecular weight excluding hydrogens is 231 g/mol. The van der Waals surface area contributed by atoms with Gasteiger partial charge in [0.15, 0.2) is 0 Å². The van der Waals surface area contributed by atoms with Gasteiger partial charge in [0.05, 0.1) is 4.99 Å². The number of phenols is 1. The minimum absolute atomic E-state index is 0.210. The van der Waals surface area contributed by atoms with Gasteiger partial charge in [-0.15, -0.1) is 0 Å². The summed E-state index contributed by atoms with van der Waals surface area (Å²) in [6.07, 6.45) is 0.330. The van der Waals surface area contributed by atoms with Crippen LogP contribution in [0.5, 0.6) is 5.75 Å². The van der Waals surface area contributed by atoms with Crippen molar-refractivity contribution in [1.29, 1.82) is 0 Å². The van der Waals surface area contributed by atoms with Crippen molar-refractivity contribution < 1.29 is 14.3 Å². The number of amides is 1. The lowest BCUT2D eigenvalue weighted by molar-refractivity contribution is 0.0948. The van der Waals surface area contributed by atoms with Gasteiger partial charge in [0, 0.05) is 13.0 Å². The Morgan fingerprint density at radius 2 is 2.25 bits per heavy atom. The van der Waals surface area contributed by atoms with Crippen molar-refractivity contribution in [3.63, 3.8) is 0 Å². The van der Waals surface area contributed by atoms with Gasteiger partial charge in [-0.25, -0.2) is 4.39 Å². The zero-order chi connectivity index (χ0) is 12.1. The average Bonchev–Trinajstić information content (AvgIpc) is 2.16. The van der Waals surface area contributed by atoms with E-state index in [1.54, 1.807) is 0 Å². The molecule has 0 aliphatic carbocycles. The molecule has 0 saturated carbocycles. The van der Waals surface area contributed by atoms with E-state index in [4.69, 9.17) is 5.73 Å². The van der Waals surface area contributed by atoms with Crippen molar-refractivity contribution in [3.05, 3.63) is 29.6 Å². The summed E-state index contributed by atoms with van der Waals surface area (Å²) in [5.74, 6) is -1.85. The van der Waals surface area contributed by atoms with Crippen LogP contribution in [-0.2, 0) is 0 Å². The van der Waals surface area contributed by atoms with Gasteiger partial charge in [0.2, 0.25) is 0 Å². The first kappa shape index (κ1) is 12.4. The number of carbonyl (C=O) groups is 1. The number of benzene rings is 1. The molecule has 1 aromatic rings. The largest absolute Gasteiger partial charge is 0.507 e. The normalized spacial score (nSPS) is 9.81. The van der Waals surface area contributed by atoms with Gasteiger partial charge in [0.1, 0.15) is 17.1 Å². The molecule has 0 spiro atoms. The van der Waals surface area contributed by atoms with Gasteiger partial charge in [0.25, 0.3) is 5.91 Å². The van der Waals surface area contributed by atoms with E-state index >= 15 is 0 Å². The molecule has 0 radical (unpaired) electrons. The van der Waals surface area contributed by atoms with Crippen LogP contribution in [0.1, 0.15) is 16.8 Å². The average molecular weight is 242 g/mol. The Morgan fingerprint density at radius 1 is 1.56 bits per heavy atom. The number of hydrogen-bond donors (Lipinski definition) is 3. The van der Waals surface area contributed by atoms with E-state index in [1.165, 1.54) is 12.1 Å². The minimum atomic E-state index is -0.771. The second-order valence-corrected chi connectivity index (χ2v) is 3.63. The van der Waals surface area contributed by atoms with E-state index in [-0.39, 0.29) is 17.1 Å². The van der Waals surface area contributed by atoms with Crippen LogP contribution in [0.3, 0.4) is 0 Å². The molecule has 1 amide bonds. The molecule has 86 valence electrons. The van der Waals surface area contributed by atoms with Crippen molar-refractivity contribution in [1.82, 2.24) is 5.32 Å². The summed E-state index contributed by atoms with van der Waals surface area (Å²) < 4.78 is 13.2. The topological polar surface area (TPSA) is 75.3 Å².